The van der Waals surface area contributed by atoms with Crippen molar-refractivity contribution in [1.29, 1.82) is 0 Å². The molecule has 0 spiro atoms. The SMILES string of the molecule is CN(C(=O)C(=O)c1cn(C)c2ccccc12)c1ccccc1. The van der Waals surface area contributed by atoms with E-state index >= 15 is 0 Å². The molecule has 0 bridgehead atoms. The average Bonchev–Trinajstić information content (AvgIpc) is 2.91. The number of benzene rings is 2. The summed E-state index contributed by atoms with van der Waals surface area (Å²) in [6, 6.07) is 16.7. The number of anilines is 1. The van der Waals surface area contributed by atoms with Crippen LogP contribution in [-0.4, -0.2) is 23.3 Å². The number of Topliss-reactive ketones (excluding diaryl/α,β-unsaturated/α-hetero) is 1. The predicted molar refractivity (Wildman–Crippen MR) is 87.1 cm³/mol. The third kappa shape index (κ3) is 2.29. The first-order valence-corrected chi connectivity index (χ1v) is 7.01. The summed E-state index contributed by atoms with van der Waals surface area (Å²) in [5, 5.41) is 0.796. The normalized spacial score (nSPS) is 10.6. The van der Waals surface area contributed by atoms with E-state index in [1.165, 1.54) is 4.90 Å². The Labute approximate surface area is 128 Å². The van der Waals surface area contributed by atoms with Gasteiger partial charge in [0.1, 0.15) is 0 Å². The third-order valence-corrected chi connectivity index (χ3v) is 3.78. The molecule has 0 atom stereocenters. The van der Waals surface area contributed by atoms with Crippen LogP contribution in [-0.2, 0) is 11.8 Å². The van der Waals surface area contributed by atoms with Crippen LogP contribution in [0.3, 0.4) is 0 Å². The highest BCUT2D eigenvalue weighted by Gasteiger charge is 2.24. The summed E-state index contributed by atoms with van der Waals surface area (Å²) < 4.78 is 1.86. The highest BCUT2D eigenvalue weighted by molar-refractivity contribution is 6.48. The van der Waals surface area contributed by atoms with Gasteiger partial charge in [0.2, 0.25) is 0 Å². The van der Waals surface area contributed by atoms with Gasteiger partial charge in [-0.2, -0.15) is 0 Å². The number of hydrogen-bond donors (Lipinski definition) is 0. The molecular formula is C18H16N2O2. The summed E-state index contributed by atoms with van der Waals surface area (Å²) in [5.41, 5.74) is 2.06. The van der Waals surface area contributed by atoms with Gasteiger partial charge in [-0.1, -0.05) is 36.4 Å². The van der Waals surface area contributed by atoms with E-state index in [1.807, 2.05) is 54.1 Å². The molecule has 0 unspecified atom stereocenters. The number of nitrogens with zero attached hydrogens (tertiary/aromatic N) is 2. The quantitative estimate of drug-likeness (QED) is 0.550. The van der Waals surface area contributed by atoms with Crippen molar-refractivity contribution < 1.29 is 9.59 Å². The minimum atomic E-state index is -0.539. The highest BCUT2D eigenvalue weighted by Crippen LogP contribution is 2.22. The molecule has 4 nitrogen and oxygen atoms in total. The number of aryl methyl sites for hydroxylation is 1. The number of ketones is 1. The van der Waals surface area contributed by atoms with E-state index in [0.29, 0.717) is 11.3 Å². The van der Waals surface area contributed by atoms with Crippen LogP contribution < -0.4 is 4.90 Å². The van der Waals surface area contributed by atoms with Gasteiger partial charge in [-0.3, -0.25) is 9.59 Å². The molecule has 0 saturated carbocycles. The Hall–Kier alpha value is -2.88. The molecule has 3 rings (SSSR count). The number of rotatable bonds is 3. The number of carbonyl (C=O) groups excluding carboxylic acids is 2. The standard InChI is InChI=1S/C18H16N2O2/c1-19-12-15(14-10-6-7-11-16(14)19)17(21)18(22)20(2)13-8-4-3-5-9-13/h3-12H,1-2H3. The van der Waals surface area contributed by atoms with Crippen molar-refractivity contribution in [2.45, 2.75) is 0 Å². The fourth-order valence-corrected chi connectivity index (χ4v) is 2.56. The van der Waals surface area contributed by atoms with Gasteiger partial charge in [0, 0.05) is 36.9 Å². The Bertz CT molecular complexity index is 850. The highest BCUT2D eigenvalue weighted by atomic mass is 16.2. The average molecular weight is 292 g/mol. The Morgan fingerprint density at radius 1 is 0.955 bits per heavy atom. The molecule has 110 valence electrons. The van der Waals surface area contributed by atoms with Gasteiger partial charge in [0.15, 0.2) is 0 Å². The summed E-state index contributed by atoms with van der Waals surface area (Å²) in [7, 11) is 3.48. The second-order valence-corrected chi connectivity index (χ2v) is 5.20. The number of hydrogen-bond acceptors (Lipinski definition) is 2. The molecule has 0 fully saturated rings. The first-order chi connectivity index (χ1) is 10.6. The fourth-order valence-electron chi connectivity index (χ4n) is 2.56. The lowest BCUT2D eigenvalue weighted by molar-refractivity contribution is -0.114. The molecule has 0 aliphatic rings. The second kappa shape index (κ2) is 5.48. The van der Waals surface area contributed by atoms with Gasteiger partial charge in [-0.15, -0.1) is 0 Å². The van der Waals surface area contributed by atoms with Gasteiger partial charge in [-0.25, -0.2) is 0 Å². The van der Waals surface area contributed by atoms with Crippen molar-refractivity contribution in [2.24, 2.45) is 7.05 Å². The molecule has 0 saturated heterocycles. The van der Waals surface area contributed by atoms with Gasteiger partial charge in [-0.05, 0) is 18.2 Å². The smallest absolute Gasteiger partial charge is 0.299 e. The van der Waals surface area contributed by atoms with Crippen LogP contribution in [0, 0.1) is 0 Å². The first kappa shape index (κ1) is 14.1. The van der Waals surface area contributed by atoms with E-state index in [1.54, 1.807) is 25.4 Å². The molecule has 1 aromatic heterocycles. The van der Waals surface area contributed by atoms with Gasteiger partial charge >= 0.3 is 0 Å². The fraction of sp³-hybridized carbons (Fsp3) is 0.111. The van der Waals surface area contributed by atoms with Gasteiger partial charge < -0.3 is 9.47 Å². The zero-order valence-corrected chi connectivity index (χ0v) is 12.5. The van der Waals surface area contributed by atoms with Crippen molar-refractivity contribution in [3.63, 3.8) is 0 Å². The summed E-state index contributed by atoms with van der Waals surface area (Å²) >= 11 is 0. The number of fused-ring (bicyclic) bond motifs is 1. The zero-order valence-electron chi connectivity index (χ0n) is 12.5. The lowest BCUT2D eigenvalue weighted by Gasteiger charge is -2.15. The molecule has 0 aliphatic heterocycles. The van der Waals surface area contributed by atoms with E-state index in [0.717, 1.165) is 10.9 Å². The lowest BCUT2D eigenvalue weighted by atomic mass is 10.1. The Kier molecular flexibility index (Phi) is 3.51. The van der Waals surface area contributed by atoms with Crippen LogP contribution in [0.25, 0.3) is 10.9 Å². The second-order valence-electron chi connectivity index (χ2n) is 5.20. The summed E-state index contributed by atoms with van der Waals surface area (Å²) in [6.07, 6.45) is 1.71. The number of aromatic nitrogens is 1. The predicted octanol–water partition coefficient (Wildman–Crippen LogP) is 3.02. The maximum absolute atomic E-state index is 12.6. The number of amides is 1. The van der Waals surface area contributed by atoms with Crippen molar-refractivity contribution >= 4 is 28.3 Å². The maximum atomic E-state index is 12.6. The van der Waals surface area contributed by atoms with E-state index in [9.17, 15) is 9.59 Å². The van der Waals surface area contributed by atoms with Crippen LogP contribution in [0.2, 0.25) is 0 Å². The summed E-state index contributed by atoms with van der Waals surface area (Å²) in [6.45, 7) is 0. The molecule has 3 aromatic rings. The van der Waals surface area contributed by atoms with E-state index < -0.39 is 11.7 Å². The molecule has 1 heterocycles. The monoisotopic (exact) mass is 292 g/mol. The molecule has 0 N–H and O–H groups in total. The van der Waals surface area contributed by atoms with Crippen LogP contribution in [0.1, 0.15) is 10.4 Å². The maximum Gasteiger partial charge on any atom is 0.299 e. The molecule has 0 radical (unpaired) electrons. The van der Waals surface area contributed by atoms with Crippen LogP contribution in [0.15, 0.2) is 60.8 Å². The van der Waals surface area contributed by atoms with Crippen LogP contribution in [0.4, 0.5) is 5.69 Å². The van der Waals surface area contributed by atoms with E-state index in [-0.39, 0.29) is 0 Å². The lowest BCUT2D eigenvalue weighted by Crippen LogP contribution is -2.33. The van der Waals surface area contributed by atoms with E-state index in [4.69, 9.17) is 0 Å². The molecule has 4 heteroatoms. The largest absolute Gasteiger partial charge is 0.350 e. The minimum absolute atomic E-state index is 0.436. The first-order valence-electron chi connectivity index (χ1n) is 7.01. The zero-order chi connectivity index (χ0) is 15.7. The Balaban J connectivity index is 1.98. The van der Waals surface area contributed by atoms with Crippen LogP contribution in [0.5, 0.6) is 0 Å². The van der Waals surface area contributed by atoms with Crippen molar-refractivity contribution in [3.05, 3.63) is 66.4 Å². The minimum Gasteiger partial charge on any atom is -0.350 e. The Morgan fingerprint density at radius 3 is 2.32 bits per heavy atom. The topological polar surface area (TPSA) is 42.3 Å². The molecule has 0 aliphatic carbocycles. The molecule has 1 amide bonds. The molecule has 22 heavy (non-hydrogen) atoms. The van der Waals surface area contributed by atoms with E-state index in [2.05, 4.69) is 0 Å². The number of likely N-dealkylation sites (N-methyl/N-ethyl adjacent to an activating group) is 1. The van der Waals surface area contributed by atoms with Gasteiger partial charge in [0.25, 0.3) is 11.7 Å². The number of carbonyl (C=O) groups is 2. The summed E-state index contributed by atoms with van der Waals surface area (Å²) in [4.78, 5) is 26.4. The van der Waals surface area contributed by atoms with Crippen molar-refractivity contribution in [3.8, 4) is 0 Å². The Morgan fingerprint density at radius 2 is 1.59 bits per heavy atom. The number of para-hydroxylation sites is 2. The third-order valence-electron chi connectivity index (χ3n) is 3.78. The molecular weight excluding hydrogens is 276 g/mol. The van der Waals surface area contributed by atoms with Crippen molar-refractivity contribution in [2.75, 3.05) is 11.9 Å². The molecule has 2 aromatic carbocycles. The summed E-state index contributed by atoms with van der Waals surface area (Å²) in [5.74, 6) is -1.04. The van der Waals surface area contributed by atoms with Gasteiger partial charge in [0.05, 0.1) is 5.56 Å². The van der Waals surface area contributed by atoms with Crippen molar-refractivity contribution in [1.82, 2.24) is 4.57 Å². The van der Waals surface area contributed by atoms with Crippen LogP contribution >= 0.6 is 0 Å².